The van der Waals surface area contributed by atoms with Crippen LogP contribution < -0.4 is 0 Å². The van der Waals surface area contributed by atoms with E-state index in [-0.39, 0.29) is 0 Å². The largest absolute Gasteiger partial charge is 0.0987 e. The standard InChI is InChI=1S/C10H15Cl/c1-5-7-9(4)10(11)8(3)6-2/h6-7H,2,5H2,1,3-4H3/b9-7-,10-8+. The molecule has 0 bridgehead atoms. The van der Waals surface area contributed by atoms with Gasteiger partial charge in [-0.15, -0.1) is 0 Å². The maximum Gasteiger partial charge on any atom is 0.0460 e. The molecule has 11 heavy (non-hydrogen) atoms. The minimum Gasteiger partial charge on any atom is -0.0987 e. The van der Waals surface area contributed by atoms with E-state index in [1.807, 2.05) is 13.8 Å². The summed E-state index contributed by atoms with van der Waals surface area (Å²) in [6.07, 6.45) is 4.90. The molecule has 0 nitrogen and oxygen atoms in total. The van der Waals surface area contributed by atoms with E-state index < -0.39 is 0 Å². The average molecular weight is 171 g/mol. The zero-order valence-corrected chi connectivity index (χ0v) is 8.20. The number of hydrogen-bond acceptors (Lipinski definition) is 0. The molecule has 0 spiro atoms. The third-order valence-electron chi connectivity index (χ3n) is 1.51. The molecule has 0 aliphatic rings. The number of rotatable bonds is 3. The van der Waals surface area contributed by atoms with Crippen LogP contribution >= 0.6 is 11.6 Å². The lowest BCUT2D eigenvalue weighted by Crippen LogP contribution is -1.80. The molecule has 0 atom stereocenters. The van der Waals surface area contributed by atoms with Crippen molar-refractivity contribution in [1.82, 2.24) is 0 Å². The van der Waals surface area contributed by atoms with E-state index in [4.69, 9.17) is 11.6 Å². The quantitative estimate of drug-likeness (QED) is 0.561. The van der Waals surface area contributed by atoms with Gasteiger partial charge in [-0.1, -0.05) is 37.3 Å². The molecule has 0 N–H and O–H groups in total. The van der Waals surface area contributed by atoms with Crippen molar-refractivity contribution in [3.63, 3.8) is 0 Å². The van der Waals surface area contributed by atoms with Gasteiger partial charge in [-0.25, -0.2) is 0 Å². The summed E-state index contributed by atoms with van der Waals surface area (Å²) in [6, 6.07) is 0. The van der Waals surface area contributed by atoms with E-state index in [0.717, 1.165) is 22.6 Å². The van der Waals surface area contributed by atoms with Crippen molar-refractivity contribution in [1.29, 1.82) is 0 Å². The molecule has 0 radical (unpaired) electrons. The fourth-order valence-corrected chi connectivity index (χ4v) is 0.951. The Kier molecular flexibility index (Phi) is 4.97. The molecule has 62 valence electrons. The average Bonchev–Trinajstić information content (AvgIpc) is 2.02. The summed E-state index contributed by atoms with van der Waals surface area (Å²) in [4.78, 5) is 0. The van der Waals surface area contributed by atoms with Crippen LogP contribution in [0.4, 0.5) is 0 Å². The summed E-state index contributed by atoms with van der Waals surface area (Å²) in [5, 5.41) is 0.821. The van der Waals surface area contributed by atoms with E-state index in [0.29, 0.717) is 0 Å². The Labute approximate surface area is 74.3 Å². The molecule has 0 amide bonds. The topological polar surface area (TPSA) is 0 Å². The molecule has 0 fully saturated rings. The van der Waals surface area contributed by atoms with E-state index in [2.05, 4.69) is 19.6 Å². The van der Waals surface area contributed by atoms with Crippen LogP contribution in [-0.2, 0) is 0 Å². The van der Waals surface area contributed by atoms with Crippen molar-refractivity contribution in [3.05, 3.63) is 34.9 Å². The fourth-order valence-electron chi connectivity index (χ4n) is 0.796. The van der Waals surface area contributed by atoms with Crippen molar-refractivity contribution in [2.24, 2.45) is 0 Å². The van der Waals surface area contributed by atoms with Crippen molar-refractivity contribution in [2.75, 3.05) is 0 Å². The van der Waals surface area contributed by atoms with E-state index in [1.165, 1.54) is 0 Å². The highest BCUT2D eigenvalue weighted by Gasteiger charge is 1.96. The lowest BCUT2D eigenvalue weighted by molar-refractivity contribution is 1.19. The van der Waals surface area contributed by atoms with E-state index >= 15 is 0 Å². The second-order valence-corrected chi connectivity index (χ2v) is 2.87. The summed E-state index contributed by atoms with van der Waals surface area (Å²) in [5.74, 6) is 0. The lowest BCUT2D eigenvalue weighted by Gasteiger charge is -2.00. The zero-order chi connectivity index (χ0) is 8.85. The first-order valence-corrected chi connectivity index (χ1v) is 4.17. The SMILES string of the molecule is C=C/C(C)=C(Cl)\C(C)=C/CC. The Hall–Kier alpha value is -0.490. The van der Waals surface area contributed by atoms with Gasteiger partial charge in [0.1, 0.15) is 0 Å². The van der Waals surface area contributed by atoms with E-state index in [9.17, 15) is 0 Å². The molecule has 0 aliphatic carbocycles. The van der Waals surface area contributed by atoms with Gasteiger partial charge in [0.15, 0.2) is 0 Å². The summed E-state index contributed by atoms with van der Waals surface area (Å²) < 4.78 is 0. The first-order chi connectivity index (χ1) is 5.13. The van der Waals surface area contributed by atoms with Crippen LogP contribution in [0.3, 0.4) is 0 Å². The summed E-state index contributed by atoms with van der Waals surface area (Å²) in [7, 11) is 0. The van der Waals surface area contributed by atoms with Crippen molar-refractivity contribution in [2.45, 2.75) is 27.2 Å². The highest BCUT2D eigenvalue weighted by molar-refractivity contribution is 6.32. The Morgan fingerprint density at radius 1 is 1.45 bits per heavy atom. The molecular weight excluding hydrogens is 156 g/mol. The Bertz CT molecular complexity index is 197. The number of hydrogen-bond donors (Lipinski definition) is 0. The van der Waals surface area contributed by atoms with Crippen molar-refractivity contribution < 1.29 is 0 Å². The lowest BCUT2D eigenvalue weighted by atomic mass is 10.1. The highest BCUT2D eigenvalue weighted by Crippen LogP contribution is 2.19. The third-order valence-corrected chi connectivity index (χ3v) is 2.11. The minimum atomic E-state index is 0.821. The van der Waals surface area contributed by atoms with Crippen LogP contribution in [0.1, 0.15) is 27.2 Å². The molecular formula is C10H15Cl. The van der Waals surface area contributed by atoms with Crippen LogP contribution in [0.25, 0.3) is 0 Å². The van der Waals surface area contributed by atoms with Gasteiger partial charge in [0, 0.05) is 5.03 Å². The Morgan fingerprint density at radius 2 is 2.00 bits per heavy atom. The maximum absolute atomic E-state index is 6.00. The van der Waals surface area contributed by atoms with Crippen LogP contribution in [0.2, 0.25) is 0 Å². The van der Waals surface area contributed by atoms with Crippen LogP contribution in [0, 0.1) is 0 Å². The van der Waals surface area contributed by atoms with Gasteiger partial charge in [0.25, 0.3) is 0 Å². The highest BCUT2D eigenvalue weighted by atomic mass is 35.5. The van der Waals surface area contributed by atoms with Crippen LogP contribution in [0.15, 0.2) is 34.9 Å². The molecule has 0 saturated heterocycles. The monoisotopic (exact) mass is 170 g/mol. The summed E-state index contributed by atoms with van der Waals surface area (Å²) in [6.45, 7) is 9.72. The molecule has 1 heteroatoms. The zero-order valence-electron chi connectivity index (χ0n) is 7.45. The van der Waals surface area contributed by atoms with Crippen molar-refractivity contribution >= 4 is 11.6 Å². The molecule has 0 saturated carbocycles. The molecule has 0 unspecified atom stereocenters. The first-order valence-electron chi connectivity index (χ1n) is 3.79. The van der Waals surface area contributed by atoms with Gasteiger partial charge in [0.2, 0.25) is 0 Å². The molecule has 0 aliphatic heterocycles. The smallest absolute Gasteiger partial charge is 0.0460 e. The molecule has 0 aromatic carbocycles. The van der Waals surface area contributed by atoms with Gasteiger partial charge < -0.3 is 0 Å². The van der Waals surface area contributed by atoms with Gasteiger partial charge in [-0.2, -0.15) is 0 Å². The molecule has 0 aromatic rings. The van der Waals surface area contributed by atoms with Gasteiger partial charge in [-0.05, 0) is 31.4 Å². The third kappa shape index (κ3) is 3.43. The first kappa shape index (κ1) is 10.5. The number of allylic oxidation sites excluding steroid dienone is 5. The predicted molar refractivity (Wildman–Crippen MR) is 52.8 cm³/mol. The second kappa shape index (κ2) is 5.20. The molecule has 0 heterocycles. The van der Waals surface area contributed by atoms with Crippen LogP contribution in [0.5, 0.6) is 0 Å². The fraction of sp³-hybridized carbons (Fsp3) is 0.400. The number of halogens is 1. The van der Waals surface area contributed by atoms with Gasteiger partial charge >= 0.3 is 0 Å². The Balaban J connectivity index is 4.59. The van der Waals surface area contributed by atoms with Crippen molar-refractivity contribution in [3.8, 4) is 0 Å². The summed E-state index contributed by atoms with van der Waals surface area (Å²) >= 11 is 6.00. The Morgan fingerprint density at radius 3 is 2.36 bits per heavy atom. The second-order valence-electron chi connectivity index (χ2n) is 2.50. The molecule has 0 aromatic heterocycles. The molecule has 0 rings (SSSR count). The normalized spacial score (nSPS) is 14.4. The van der Waals surface area contributed by atoms with Crippen LogP contribution in [-0.4, -0.2) is 0 Å². The predicted octanol–water partition coefficient (Wildman–Crippen LogP) is 4.04. The maximum atomic E-state index is 6.00. The minimum absolute atomic E-state index is 0.821. The van der Waals surface area contributed by atoms with E-state index in [1.54, 1.807) is 6.08 Å². The summed E-state index contributed by atoms with van der Waals surface area (Å²) in [5.41, 5.74) is 2.17. The van der Waals surface area contributed by atoms with Gasteiger partial charge in [0.05, 0.1) is 0 Å². The van der Waals surface area contributed by atoms with Gasteiger partial charge in [-0.3, -0.25) is 0 Å².